The molecule has 3 nitrogen and oxygen atoms in total. The molecule has 1 heterocycles. The lowest BCUT2D eigenvalue weighted by Crippen LogP contribution is -1.94. The summed E-state index contributed by atoms with van der Waals surface area (Å²) in [5, 5.41) is 5.29. The third-order valence-electron chi connectivity index (χ3n) is 3.25. The number of ketones is 1. The van der Waals surface area contributed by atoms with Crippen LogP contribution in [0.1, 0.15) is 17.3 Å². The first-order chi connectivity index (χ1) is 11.0. The number of benzene rings is 2. The number of nitrogens with one attached hydrogen (secondary N) is 1. The van der Waals surface area contributed by atoms with E-state index in [0.717, 1.165) is 23.9 Å². The van der Waals surface area contributed by atoms with Crippen LogP contribution in [0.25, 0.3) is 11.3 Å². The molecule has 0 aliphatic heterocycles. The SMILES string of the molecule is CC(=O)c1ccc(Nc2nc(-c3cc(F)ccc3F)cs2)cc1. The Hall–Kier alpha value is -2.60. The summed E-state index contributed by atoms with van der Waals surface area (Å²) in [6.07, 6.45) is 0. The van der Waals surface area contributed by atoms with Gasteiger partial charge in [-0.05, 0) is 49.4 Å². The predicted molar refractivity (Wildman–Crippen MR) is 87.2 cm³/mol. The molecule has 0 bridgehead atoms. The van der Waals surface area contributed by atoms with Crippen molar-refractivity contribution in [3.05, 3.63) is 65.0 Å². The van der Waals surface area contributed by atoms with Gasteiger partial charge in [-0.25, -0.2) is 13.8 Å². The quantitative estimate of drug-likeness (QED) is 0.682. The summed E-state index contributed by atoms with van der Waals surface area (Å²) in [7, 11) is 0. The van der Waals surface area contributed by atoms with Gasteiger partial charge in [0.2, 0.25) is 0 Å². The Bertz CT molecular complexity index is 859. The second kappa shape index (κ2) is 6.26. The standard InChI is InChI=1S/C17H12F2N2OS/c1-10(22)11-2-5-13(6-3-11)20-17-21-16(9-23-17)14-8-12(18)4-7-15(14)19/h2-9H,1H3,(H,20,21). The second-order valence-corrected chi connectivity index (χ2v) is 5.78. The fraction of sp³-hybridized carbons (Fsp3) is 0.0588. The summed E-state index contributed by atoms with van der Waals surface area (Å²) >= 11 is 1.29. The number of anilines is 2. The van der Waals surface area contributed by atoms with Crippen molar-refractivity contribution in [3.8, 4) is 11.3 Å². The molecular weight excluding hydrogens is 318 g/mol. The maximum Gasteiger partial charge on any atom is 0.187 e. The van der Waals surface area contributed by atoms with Gasteiger partial charge in [0.15, 0.2) is 10.9 Å². The highest BCUT2D eigenvalue weighted by Gasteiger charge is 2.11. The Morgan fingerprint density at radius 1 is 1.13 bits per heavy atom. The molecule has 3 aromatic rings. The van der Waals surface area contributed by atoms with Crippen LogP contribution in [0.5, 0.6) is 0 Å². The number of carbonyl (C=O) groups is 1. The van der Waals surface area contributed by atoms with Crippen molar-refractivity contribution < 1.29 is 13.6 Å². The second-order valence-electron chi connectivity index (χ2n) is 4.92. The molecule has 0 saturated carbocycles. The van der Waals surface area contributed by atoms with E-state index >= 15 is 0 Å². The molecule has 0 aliphatic rings. The lowest BCUT2D eigenvalue weighted by Gasteiger charge is -2.03. The van der Waals surface area contributed by atoms with Gasteiger partial charge >= 0.3 is 0 Å². The van der Waals surface area contributed by atoms with Crippen LogP contribution >= 0.6 is 11.3 Å². The number of carbonyl (C=O) groups excluding carboxylic acids is 1. The van der Waals surface area contributed by atoms with Gasteiger partial charge in [-0.1, -0.05) is 0 Å². The Morgan fingerprint density at radius 2 is 1.87 bits per heavy atom. The van der Waals surface area contributed by atoms with Crippen molar-refractivity contribution in [3.63, 3.8) is 0 Å². The van der Waals surface area contributed by atoms with Gasteiger partial charge in [0, 0.05) is 22.2 Å². The van der Waals surface area contributed by atoms with Crippen LogP contribution < -0.4 is 5.32 Å². The summed E-state index contributed by atoms with van der Waals surface area (Å²) in [6.45, 7) is 1.50. The summed E-state index contributed by atoms with van der Waals surface area (Å²) in [6, 6.07) is 10.2. The van der Waals surface area contributed by atoms with Crippen LogP contribution in [-0.2, 0) is 0 Å². The first-order valence-corrected chi connectivity index (χ1v) is 7.70. The van der Waals surface area contributed by atoms with Crippen molar-refractivity contribution in [1.29, 1.82) is 0 Å². The zero-order chi connectivity index (χ0) is 16.4. The monoisotopic (exact) mass is 330 g/mol. The maximum absolute atomic E-state index is 13.8. The van der Waals surface area contributed by atoms with E-state index in [-0.39, 0.29) is 11.3 Å². The molecule has 3 rings (SSSR count). The number of hydrogen-bond donors (Lipinski definition) is 1. The van der Waals surface area contributed by atoms with Gasteiger partial charge in [-0.2, -0.15) is 0 Å². The van der Waals surface area contributed by atoms with Crippen LogP contribution in [-0.4, -0.2) is 10.8 Å². The number of aromatic nitrogens is 1. The average Bonchev–Trinajstić information content (AvgIpc) is 2.98. The number of halogens is 2. The zero-order valence-electron chi connectivity index (χ0n) is 12.1. The van der Waals surface area contributed by atoms with Crippen molar-refractivity contribution >= 4 is 27.9 Å². The van der Waals surface area contributed by atoms with Crippen LogP contribution in [0.3, 0.4) is 0 Å². The van der Waals surface area contributed by atoms with Crippen molar-refractivity contribution in [1.82, 2.24) is 4.98 Å². The molecule has 116 valence electrons. The smallest absolute Gasteiger partial charge is 0.187 e. The van der Waals surface area contributed by atoms with Gasteiger partial charge in [-0.3, -0.25) is 4.79 Å². The topological polar surface area (TPSA) is 42.0 Å². The molecule has 0 unspecified atom stereocenters. The Kier molecular flexibility index (Phi) is 4.16. The van der Waals surface area contributed by atoms with Crippen molar-refractivity contribution in [2.24, 2.45) is 0 Å². The van der Waals surface area contributed by atoms with Crippen molar-refractivity contribution in [2.75, 3.05) is 5.32 Å². The molecule has 0 spiro atoms. The molecule has 0 radical (unpaired) electrons. The molecule has 0 atom stereocenters. The molecule has 0 aliphatic carbocycles. The number of nitrogens with zero attached hydrogens (tertiary/aromatic N) is 1. The summed E-state index contributed by atoms with van der Waals surface area (Å²) < 4.78 is 27.0. The lowest BCUT2D eigenvalue weighted by atomic mass is 10.1. The van der Waals surface area contributed by atoms with E-state index in [1.54, 1.807) is 29.6 Å². The fourth-order valence-electron chi connectivity index (χ4n) is 2.06. The summed E-state index contributed by atoms with van der Waals surface area (Å²) in [5.41, 5.74) is 1.88. The molecule has 0 saturated heterocycles. The van der Waals surface area contributed by atoms with Gasteiger partial charge < -0.3 is 5.32 Å². The molecule has 6 heteroatoms. The van der Waals surface area contributed by atoms with E-state index in [1.165, 1.54) is 18.3 Å². The van der Waals surface area contributed by atoms with Gasteiger partial charge in [0.1, 0.15) is 11.6 Å². The van der Waals surface area contributed by atoms with E-state index in [0.29, 0.717) is 16.4 Å². The Balaban J connectivity index is 1.82. The molecule has 23 heavy (non-hydrogen) atoms. The first-order valence-electron chi connectivity index (χ1n) is 6.82. The summed E-state index contributed by atoms with van der Waals surface area (Å²) in [5.74, 6) is -1.03. The van der Waals surface area contributed by atoms with Gasteiger partial charge in [0.25, 0.3) is 0 Å². The predicted octanol–water partition coefficient (Wildman–Crippen LogP) is 5.03. The molecular formula is C17H12F2N2OS. The van der Waals surface area contributed by atoms with E-state index in [9.17, 15) is 13.6 Å². The summed E-state index contributed by atoms with van der Waals surface area (Å²) in [4.78, 5) is 15.5. The number of Topliss-reactive ketones (excluding diaryl/α,β-unsaturated/α-hetero) is 1. The highest BCUT2D eigenvalue weighted by Crippen LogP contribution is 2.29. The highest BCUT2D eigenvalue weighted by molar-refractivity contribution is 7.14. The minimum atomic E-state index is -0.519. The van der Waals surface area contributed by atoms with E-state index in [2.05, 4.69) is 10.3 Å². The van der Waals surface area contributed by atoms with Crippen LogP contribution in [0.4, 0.5) is 19.6 Å². The van der Waals surface area contributed by atoms with Crippen LogP contribution in [0, 0.1) is 11.6 Å². The molecule has 2 aromatic carbocycles. The normalized spacial score (nSPS) is 10.6. The van der Waals surface area contributed by atoms with Crippen molar-refractivity contribution in [2.45, 2.75) is 6.92 Å². The van der Waals surface area contributed by atoms with Gasteiger partial charge in [0.05, 0.1) is 5.69 Å². The fourth-order valence-corrected chi connectivity index (χ4v) is 2.79. The van der Waals surface area contributed by atoms with Crippen LogP contribution in [0.2, 0.25) is 0 Å². The number of rotatable bonds is 4. The lowest BCUT2D eigenvalue weighted by molar-refractivity contribution is 0.101. The molecule has 0 fully saturated rings. The number of hydrogen-bond acceptors (Lipinski definition) is 4. The first kappa shape index (κ1) is 15.3. The zero-order valence-corrected chi connectivity index (χ0v) is 13.0. The van der Waals surface area contributed by atoms with E-state index in [4.69, 9.17) is 0 Å². The highest BCUT2D eigenvalue weighted by atomic mass is 32.1. The van der Waals surface area contributed by atoms with E-state index in [1.807, 2.05) is 0 Å². The number of thiazole rings is 1. The third kappa shape index (κ3) is 3.43. The Labute approximate surface area is 135 Å². The largest absolute Gasteiger partial charge is 0.332 e. The molecule has 1 aromatic heterocycles. The maximum atomic E-state index is 13.8. The molecule has 1 N–H and O–H groups in total. The van der Waals surface area contributed by atoms with Crippen LogP contribution in [0.15, 0.2) is 47.8 Å². The third-order valence-corrected chi connectivity index (χ3v) is 4.01. The minimum absolute atomic E-state index is 0.00494. The minimum Gasteiger partial charge on any atom is -0.332 e. The molecule has 0 amide bonds. The average molecular weight is 330 g/mol. The van der Waals surface area contributed by atoms with E-state index < -0.39 is 11.6 Å². The Morgan fingerprint density at radius 3 is 2.57 bits per heavy atom. The van der Waals surface area contributed by atoms with Gasteiger partial charge in [-0.15, -0.1) is 11.3 Å².